The van der Waals surface area contributed by atoms with E-state index in [1.807, 2.05) is 12.1 Å². The predicted molar refractivity (Wildman–Crippen MR) is 71.3 cm³/mol. The first-order valence-electron chi connectivity index (χ1n) is 5.36. The van der Waals surface area contributed by atoms with E-state index >= 15 is 0 Å². The lowest BCUT2D eigenvalue weighted by molar-refractivity contribution is -0.143. The molecule has 2 atom stereocenters. The summed E-state index contributed by atoms with van der Waals surface area (Å²) in [6.45, 7) is 3.90. The van der Waals surface area contributed by atoms with E-state index in [1.54, 1.807) is 26.0 Å². The molecular formula is C12H15BrO3S. The fraction of sp³-hybridized carbons (Fsp3) is 0.417. The van der Waals surface area contributed by atoms with Crippen LogP contribution in [-0.2, 0) is 20.3 Å². The summed E-state index contributed by atoms with van der Waals surface area (Å²) in [6, 6.07) is 7.30. The fourth-order valence-corrected chi connectivity index (χ4v) is 3.11. The maximum atomic E-state index is 12.1. The molecule has 1 aromatic carbocycles. The van der Waals surface area contributed by atoms with Crippen LogP contribution in [0.15, 0.2) is 33.6 Å². The molecule has 17 heavy (non-hydrogen) atoms. The van der Waals surface area contributed by atoms with Crippen molar-refractivity contribution in [1.82, 2.24) is 0 Å². The molecule has 0 spiro atoms. The fourth-order valence-electron chi connectivity index (χ4n) is 1.35. The van der Waals surface area contributed by atoms with E-state index in [2.05, 4.69) is 15.9 Å². The third-order valence-electron chi connectivity index (χ3n) is 2.15. The zero-order valence-electron chi connectivity index (χ0n) is 9.81. The van der Waals surface area contributed by atoms with Gasteiger partial charge in [-0.25, -0.2) is 0 Å². The van der Waals surface area contributed by atoms with Gasteiger partial charge in [-0.2, -0.15) is 0 Å². The highest BCUT2D eigenvalue weighted by Gasteiger charge is 2.17. The number of halogens is 1. The number of carbonyl (C=O) groups is 1. The lowest BCUT2D eigenvalue weighted by atomic mass is 10.3. The Bertz CT molecular complexity index is 420. The number of esters is 1. The standard InChI is InChI=1S/C12H15BrO3S/c1-3-16-12(14)7-9(2)17(15)11-6-4-5-10(13)8-11/h4-6,8-9H,3,7H2,1-2H3. The van der Waals surface area contributed by atoms with Gasteiger partial charge in [-0.1, -0.05) is 22.0 Å². The second kappa shape index (κ2) is 6.91. The molecule has 0 amide bonds. The lowest BCUT2D eigenvalue weighted by Crippen LogP contribution is -2.18. The van der Waals surface area contributed by atoms with Crippen molar-refractivity contribution in [3.8, 4) is 0 Å². The van der Waals surface area contributed by atoms with Gasteiger partial charge in [0.1, 0.15) is 0 Å². The van der Waals surface area contributed by atoms with Crippen LogP contribution in [0.5, 0.6) is 0 Å². The Morgan fingerprint density at radius 2 is 2.24 bits per heavy atom. The maximum absolute atomic E-state index is 12.1. The molecule has 0 saturated heterocycles. The molecule has 0 aliphatic heterocycles. The number of rotatable bonds is 5. The SMILES string of the molecule is CCOC(=O)CC(C)S(=O)c1cccc(Br)c1. The molecule has 0 aliphatic carbocycles. The van der Waals surface area contributed by atoms with Crippen molar-refractivity contribution >= 4 is 32.7 Å². The van der Waals surface area contributed by atoms with Crippen LogP contribution in [0, 0.1) is 0 Å². The first kappa shape index (κ1) is 14.4. The molecular weight excluding hydrogens is 304 g/mol. The van der Waals surface area contributed by atoms with Crippen molar-refractivity contribution in [1.29, 1.82) is 0 Å². The molecule has 3 nitrogen and oxygen atoms in total. The first-order chi connectivity index (χ1) is 8.04. The van der Waals surface area contributed by atoms with Crippen molar-refractivity contribution in [2.45, 2.75) is 30.4 Å². The molecule has 1 rings (SSSR count). The Kier molecular flexibility index (Phi) is 5.85. The number of benzene rings is 1. The summed E-state index contributed by atoms with van der Waals surface area (Å²) in [5, 5.41) is -0.247. The third kappa shape index (κ3) is 4.60. The van der Waals surface area contributed by atoms with Crippen LogP contribution in [-0.4, -0.2) is 22.0 Å². The Labute approximate surface area is 112 Å². The molecule has 0 saturated carbocycles. The molecule has 1 aromatic rings. The summed E-state index contributed by atoms with van der Waals surface area (Å²) in [5.74, 6) is -0.302. The molecule has 0 radical (unpaired) electrons. The molecule has 0 heterocycles. The monoisotopic (exact) mass is 318 g/mol. The largest absolute Gasteiger partial charge is 0.466 e. The van der Waals surface area contributed by atoms with Crippen molar-refractivity contribution in [3.05, 3.63) is 28.7 Å². The highest BCUT2D eigenvalue weighted by molar-refractivity contribution is 9.10. The predicted octanol–water partition coefficient (Wildman–Crippen LogP) is 2.90. The minimum absolute atomic E-state index is 0.174. The zero-order chi connectivity index (χ0) is 12.8. The summed E-state index contributed by atoms with van der Waals surface area (Å²) >= 11 is 3.33. The van der Waals surface area contributed by atoms with E-state index in [0.29, 0.717) is 6.61 Å². The van der Waals surface area contributed by atoms with E-state index in [0.717, 1.165) is 9.37 Å². The molecule has 0 aliphatic rings. The van der Waals surface area contributed by atoms with Gasteiger partial charge in [0.25, 0.3) is 0 Å². The second-order valence-electron chi connectivity index (χ2n) is 3.57. The molecule has 0 aromatic heterocycles. The molecule has 0 N–H and O–H groups in total. The van der Waals surface area contributed by atoms with Crippen LogP contribution >= 0.6 is 15.9 Å². The van der Waals surface area contributed by atoms with E-state index < -0.39 is 10.8 Å². The van der Waals surface area contributed by atoms with Crippen molar-refractivity contribution in [3.63, 3.8) is 0 Å². The number of hydrogen-bond donors (Lipinski definition) is 0. The Hall–Kier alpha value is -0.680. The van der Waals surface area contributed by atoms with Gasteiger partial charge < -0.3 is 4.74 Å². The third-order valence-corrected chi connectivity index (χ3v) is 4.26. The van der Waals surface area contributed by atoms with Gasteiger partial charge in [0.2, 0.25) is 0 Å². The van der Waals surface area contributed by atoms with Crippen LogP contribution in [0.1, 0.15) is 20.3 Å². The van der Waals surface area contributed by atoms with Gasteiger partial charge in [0, 0.05) is 14.6 Å². The topological polar surface area (TPSA) is 43.4 Å². The van der Waals surface area contributed by atoms with Gasteiger partial charge in [-0.3, -0.25) is 9.00 Å². The molecule has 0 bridgehead atoms. The van der Waals surface area contributed by atoms with Gasteiger partial charge in [-0.15, -0.1) is 0 Å². The number of hydrogen-bond acceptors (Lipinski definition) is 3. The van der Waals surface area contributed by atoms with Crippen LogP contribution < -0.4 is 0 Å². The minimum atomic E-state index is -1.19. The van der Waals surface area contributed by atoms with Gasteiger partial charge in [-0.05, 0) is 32.0 Å². The zero-order valence-corrected chi connectivity index (χ0v) is 12.2. The Morgan fingerprint density at radius 1 is 1.53 bits per heavy atom. The van der Waals surface area contributed by atoms with Crippen LogP contribution in [0.25, 0.3) is 0 Å². The minimum Gasteiger partial charge on any atom is -0.466 e. The van der Waals surface area contributed by atoms with E-state index in [-0.39, 0.29) is 17.6 Å². The van der Waals surface area contributed by atoms with E-state index in [1.165, 1.54) is 0 Å². The summed E-state index contributed by atoms with van der Waals surface area (Å²) in [7, 11) is -1.19. The van der Waals surface area contributed by atoms with Gasteiger partial charge in [0.05, 0.1) is 23.8 Å². The second-order valence-corrected chi connectivity index (χ2v) is 6.36. The highest BCUT2D eigenvalue weighted by atomic mass is 79.9. The Balaban J connectivity index is 2.67. The Morgan fingerprint density at radius 3 is 2.82 bits per heavy atom. The number of ether oxygens (including phenoxy) is 1. The van der Waals surface area contributed by atoms with Crippen molar-refractivity contribution < 1.29 is 13.7 Å². The summed E-state index contributed by atoms with van der Waals surface area (Å²) in [4.78, 5) is 12.0. The molecule has 0 fully saturated rings. The number of carbonyl (C=O) groups excluding carboxylic acids is 1. The molecule has 5 heteroatoms. The van der Waals surface area contributed by atoms with Gasteiger partial charge in [0.15, 0.2) is 0 Å². The summed E-state index contributed by atoms with van der Waals surface area (Å²) in [6.07, 6.45) is 0.174. The van der Waals surface area contributed by atoms with E-state index in [9.17, 15) is 9.00 Å². The summed E-state index contributed by atoms with van der Waals surface area (Å²) in [5.41, 5.74) is 0. The van der Waals surface area contributed by atoms with Gasteiger partial charge >= 0.3 is 5.97 Å². The maximum Gasteiger partial charge on any atom is 0.306 e. The normalized spacial score (nSPS) is 14.1. The molecule has 94 valence electrons. The average Bonchev–Trinajstić information content (AvgIpc) is 2.28. The van der Waals surface area contributed by atoms with Crippen LogP contribution in [0.3, 0.4) is 0 Å². The van der Waals surface area contributed by atoms with E-state index in [4.69, 9.17) is 4.74 Å². The average molecular weight is 319 g/mol. The smallest absolute Gasteiger partial charge is 0.306 e. The summed E-state index contributed by atoms with van der Waals surface area (Å²) < 4.78 is 17.8. The quantitative estimate of drug-likeness (QED) is 0.784. The van der Waals surface area contributed by atoms with Crippen LogP contribution in [0.4, 0.5) is 0 Å². The van der Waals surface area contributed by atoms with Crippen molar-refractivity contribution in [2.75, 3.05) is 6.61 Å². The first-order valence-corrected chi connectivity index (χ1v) is 7.37. The lowest BCUT2D eigenvalue weighted by Gasteiger charge is -2.10. The van der Waals surface area contributed by atoms with Crippen molar-refractivity contribution in [2.24, 2.45) is 0 Å². The van der Waals surface area contributed by atoms with Crippen LogP contribution in [0.2, 0.25) is 0 Å². The molecule has 2 unspecified atom stereocenters. The highest BCUT2D eigenvalue weighted by Crippen LogP contribution is 2.18.